The van der Waals surface area contributed by atoms with E-state index in [9.17, 15) is 0 Å². The normalized spacial score (nSPS) is 21.2. The van der Waals surface area contributed by atoms with E-state index in [1.165, 1.54) is 63.1 Å². The van der Waals surface area contributed by atoms with E-state index in [-0.39, 0.29) is 0 Å². The lowest BCUT2D eigenvalue weighted by atomic mass is 9.82. The van der Waals surface area contributed by atoms with Crippen molar-refractivity contribution in [1.29, 1.82) is 0 Å². The van der Waals surface area contributed by atoms with Gasteiger partial charge in [-0.2, -0.15) is 0 Å². The molecule has 1 fully saturated rings. The monoisotopic (exact) mass is 288 g/mol. The lowest BCUT2D eigenvalue weighted by molar-refractivity contribution is 0.279. The zero-order valence-corrected chi connectivity index (χ0v) is 12.8. The average molecular weight is 289 g/mol. The van der Waals surface area contributed by atoms with Gasteiger partial charge in [-0.1, -0.05) is 81.1 Å². The van der Waals surface area contributed by atoms with Crippen LogP contribution in [-0.2, 0) is 0 Å². The maximum absolute atomic E-state index is 3.75. The molecule has 0 N–H and O–H groups in total. The molecule has 0 radical (unpaired) electrons. The molecule has 0 spiro atoms. The first-order chi connectivity index (χ1) is 7.81. The molecule has 0 aromatic rings. The Hall–Kier alpha value is 0.480. The molecular formula is C15H29Br. The van der Waals surface area contributed by atoms with Crippen molar-refractivity contribution in [1.82, 2.24) is 0 Å². The van der Waals surface area contributed by atoms with Crippen LogP contribution in [0.3, 0.4) is 0 Å². The third-order valence-corrected chi connectivity index (χ3v) is 5.28. The third-order valence-electron chi connectivity index (χ3n) is 4.44. The van der Waals surface area contributed by atoms with Gasteiger partial charge in [-0.25, -0.2) is 0 Å². The highest BCUT2D eigenvalue weighted by Gasteiger charge is 2.25. The summed E-state index contributed by atoms with van der Waals surface area (Å²) >= 11 is 3.75. The van der Waals surface area contributed by atoms with E-state index >= 15 is 0 Å². The highest BCUT2D eigenvalue weighted by Crippen LogP contribution is 2.37. The number of unbranched alkanes of at least 4 members (excludes halogenated alkanes) is 1. The van der Waals surface area contributed by atoms with Gasteiger partial charge in [0.05, 0.1) is 0 Å². The summed E-state index contributed by atoms with van der Waals surface area (Å²) in [6, 6.07) is 0. The Morgan fingerprint density at radius 3 is 2.38 bits per heavy atom. The van der Waals surface area contributed by atoms with E-state index in [2.05, 4.69) is 29.8 Å². The molecule has 96 valence electrons. The van der Waals surface area contributed by atoms with Crippen LogP contribution in [0.2, 0.25) is 0 Å². The topological polar surface area (TPSA) is 0 Å². The first kappa shape index (κ1) is 14.5. The molecule has 0 aromatic heterocycles. The number of alkyl halides is 1. The molecule has 2 unspecified atom stereocenters. The number of hydrogen-bond donors (Lipinski definition) is 0. The zero-order valence-electron chi connectivity index (χ0n) is 11.2. The van der Waals surface area contributed by atoms with Gasteiger partial charge in [-0.15, -0.1) is 0 Å². The predicted octanol–water partition coefficient (Wildman–Crippen LogP) is 5.79. The molecule has 0 bridgehead atoms. The minimum Gasteiger partial charge on any atom is -0.0925 e. The molecule has 0 saturated heterocycles. The van der Waals surface area contributed by atoms with Crippen molar-refractivity contribution in [2.24, 2.45) is 17.8 Å². The predicted molar refractivity (Wildman–Crippen MR) is 77.2 cm³/mol. The molecule has 1 heteroatoms. The van der Waals surface area contributed by atoms with Crippen LogP contribution < -0.4 is 0 Å². The van der Waals surface area contributed by atoms with Crippen molar-refractivity contribution in [3.63, 3.8) is 0 Å². The smallest absolute Gasteiger partial charge is 0.00624 e. The van der Waals surface area contributed by atoms with Crippen molar-refractivity contribution < 1.29 is 0 Å². The van der Waals surface area contributed by atoms with Crippen molar-refractivity contribution in [2.75, 3.05) is 5.33 Å². The molecule has 0 heterocycles. The zero-order chi connectivity index (χ0) is 11.8. The van der Waals surface area contributed by atoms with Crippen LogP contribution in [0.4, 0.5) is 0 Å². The maximum atomic E-state index is 3.75. The van der Waals surface area contributed by atoms with Gasteiger partial charge in [-0.05, 0) is 24.2 Å². The summed E-state index contributed by atoms with van der Waals surface area (Å²) in [7, 11) is 0. The van der Waals surface area contributed by atoms with Crippen molar-refractivity contribution >= 4 is 15.9 Å². The minimum absolute atomic E-state index is 0.962. The van der Waals surface area contributed by atoms with E-state index in [1.54, 1.807) is 0 Å². The minimum atomic E-state index is 0.962. The first-order valence-electron chi connectivity index (χ1n) is 7.37. The molecule has 16 heavy (non-hydrogen) atoms. The Morgan fingerprint density at radius 1 is 1.19 bits per heavy atom. The fourth-order valence-corrected chi connectivity index (χ4v) is 4.01. The fourth-order valence-electron chi connectivity index (χ4n) is 3.22. The Morgan fingerprint density at radius 2 is 1.88 bits per heavy atom. The van der Waals surface area contributed by atoms with E-state index in [0.29, 0.717) is 0 Å². The summed E-state index contributed by atoms with van der Waals surface area (Å²) in [4.78, 5) is 0. The Kier molecular flexibility index (Phi) is 7.77. The molecule has 1 aliphatic carbocycles. The van der Waals surface area contributed by atoms with Gasteiger partial charge < -0.3 is 0 Å². The molecular weight excluding hydrogens is 260 g/mol. The summed E-state index contributed by atoms with van der Waals surface area (Å²) in [5.41, 5.74) is 0. The molecule has 0 nitrogen and oxygen atoms in total. The van der Waals surface area contributed by atoms with Gasteiger partial charge in [-0.3, -0.25) is 0 Å². The second kappa shape index (κ2) is 8.55. The molecule has 2 atom stereocenters. The van der Waals surface area contributed by atoms with Crippen molar-refractivity contribution in [3.8, 4) is 0 Å². The lowest BCUT2D eigenvalue weighted by Crippen LogP contribution is -2.17. The lowest BCUT2D eigenvalue weighted by Gasteiger charge is -2.26. The summed E-state index contributed by atoms with van der Waals surface area (Å²) in [5.74, 6) is 2.99. The molecule has 1 saturated carbocycles. The van der Waals surface area contributed by atoms with E-state index in [1.807, 2.05) is 0 Å². The van der Waals surface area contributed by atoms with Crippen molar-refractivity contribution in [3.05, 3.63) is 0 Å². The van der Waals surface area contributed by atoms with E-state index in [0.717, 1.165) is 17.8 Å². The Balaban J connectivity index is 2.33. The summed E-state index contributed by atoms with van der Waals surface area (Å²) in [6.45, 7) is 4.69. The first-order valence-corrected chi connectivity index (χ1v) is 8.49. The average Bonchev–Trinajstić information content (AvgIpc) is 2.83. The van der Waals surface area contributed by atoms with Gasteiger partial charge >= 0.3 is 0 Å². The Bertz CT molecular complexity index is 161. The number of rotatable bonds is 8. The van der Waals surface area contributed by atoms with Crippen LogP contribution in [0.1, 0.15) is 71.6 Å². The number of hydrogen-bond acceptors (Lipinski definition) is 0. The van der Waals surface area contributed by atoms with Crippen LogP contribution in [0, 0.1) is 17.8 Å². The molecule has 0 aromatic carbocycles. The highest BCUT2D eigenvalue weighted by molar-refractivity contribution is 9.09. The van der Waals surface area contributed by atoms with Crippen LogP contribution in [0.25, 0.3) is 0 Å². The van der Waals surface area contributed by atoms with Gasteiger partial charge in [0, 0.05) is 5.33 Å². The van der Waals surface area contributed by atoms with Crippen LogP contribution in [-0.4, -0.2) is 5.33 Å². The van der Waals surface area contributed by atoms with Crippen LogP contribution in [0.15, 0.2) is 0 Å². The van der Waals surface area contributed by atoms with Crippen LogP contribution >= 0.6 is 15.9 Å². The second-order valence-electron chi connectivity index (χ2n) is 5.61. The largest absolute Gasteiger partial charge is 0.0925 e. The van der Waals surface area contributed by atoms with Gasteiger partial charge in [0.25, 0.3) is 0 Å². The highest BCUT2D eigenvalue weighted by atomic mass is 79.9. The third kappa shape index (κ3) is 4.77. The summed E-state index contributed by atoms with van der Waals surface area (Å²) < 4.78 is 0. The standard InChI is InChI=1S/C15H29Br/c1-3-5-8-13(4-2)11-15(12-16)14-9-6-7-10-14/h13-15H,3-12H2,1-2H3. The second-order valence-corrected chi connectivity index (χ2v) is 6.26. The quantitative estimate of drug-likeness (QED) is 0.496. The van der Waals surface area contributed by atoms with Gasteiger partial charge in [0.1, 0.15) is 0 Å². The van der Waals surface area contributed by atoms with Gasteiger partial charge in [0.15, 0.2) is 0 Å². The van der Waals surface area contributed by atoms with Gasteiger partial charge in [0.2, 0.25) is 0 Å². The molecule has 1 aliphatic rings. The van der Waals surface area contributed by atoms with E-state index < -0.39 is 0 Å². The van der Waals surface area contributed by atoms with Crippen molar-refractivity contribution in [2.45, 2.75) is 71.6 Å². The number of halogens is 1. The SMILES string of the molecule is CCCCC(CC)CC(CBr)C1CCCC1. The maximum Gasteiger partial charge on any atom is 0.00624 e. The molecule has 1 rings (SSSR count). The molecule has 0 aliphatic heterocycles. The summed E-state index contributed by atoms with van der Waals surface area (Å²) in [6.07, 6.45) is 13.1. The van der Waals surface area contributed by atoms with E-state index in [4.69, 9.17) is 0 Å². The molecule has 0 amide bonds. The Labute approximate surface area is 111 Å². The van der Waals surface area contributed by atoms with Crippen LogP contribution in [0.5, 0.6) is 0 Å². The fraction of sp³-hybridized carbons (Fsp3) is 1.00. The summed E-state index contributed by atoms with van der Waals surface area (Å²) in [5, 5.41) is 1.24.